The predicted molar refractivity (Wildman–Crippen MR) is 127 cm³/mol. The molecule has 2 heterocycles. The molecule has 2 fully saturated rings. The molecule has 4 rings (SSSR count). The van der Waals surface area contributed by atoms with Gasteiger partial charge in [-0.05, 0) is 30.5 Å². The summed E-state index contributed by atoms with van der Waals surface area (Å²) >= 11 is 2.20. The molecule has 28 heavy (non-hydrogen) atoms. The molecule has 152 valence electrons. The zero-order valence-corrected chi connectivity index (χ0v) is 19.5. The molecule has 0 unspecified atom stereocenters. The van der Waals surface area contributed by atoms with Gasteiger partial charge in [0.15, 0.2) is 5.96 Å². The largest absolute Gasteiger partial charge is 0.352 e. The van der Waals surface area contributed by atoms with E-state index in [9.17, 15) is 0 Å². The zero-order valence-electron chi connectivity index (χ0n) is 16.4. The summed E-state index contributed by atoms with van der Waals surface area (Å²) in [6.45, 7) is 2.99. The highest BCUT2D eigenvalue weighted by atomic mass is 127. The minimum Gasteiger partial charge on any atom is -0.352 e. The van der Waals surface area contributed by atoms with Crippen molar-refractivity contribution >= 4 is 41.7 Å². The van der Waals surface area contributed by atoms with Gasteiger partial charge in [-0.25, -0.2) is 9.67 Å². The second-order valence-corrected chi connectivity index (χ2v) is 8.98. The number of halogens is 1. The van der Waals surface area contributed by atoms with Crippen LogP contribution in [0.25, 0.3) is 5.69 Å². The predicted octanol–water partition coefficient (Wildman–Crippen LogP) is 3.71. The van der Waals surface area contributed by atoms with E-state index < -0.39 is 0 Å². The molecule has 2 aromatic rings. The molecular weight excluding hydrogens is 483 g/mol. The van der Waals surface area contributed by atoms with E-state index in [1.807, 2.05) is 7.05 Å². The molecule has 1 spiro atoms. The summed E-state index contributed by atoms with van der Waals surface area (Å²) in [6.07, 6.45) is 10.1. The van der Waals surface area contributed by atoms with Crippen molar-refractivity contribution in [3.05, 3.63) is 42.5 Å². The molecule has 1 aliphatic carbocycles. The van der Waals surface area contributed by atoms with Crippen LogP contribution in [-0.2, 0) is 6.54 Å². The molecule has 1 saturated carbocycles. The first-order valence-corrected chi connectivity index (χ1v) is 10.8. The lowest BCUT2D eigenvalue weighted by molar-refractivity contribution is 0.293. The van der Waals surface area contributed by atoms with Gasteiger partial charge in [-0.15, -0.1) is 24.0 Å². The second kappa shape index (κ2) is 9.96. The van der Waals surface area contributed by atoms with Crippen LogP contribution in [-0.4, -0.2) is 56.3 Å². The maximum absolute atomic E-state index is 4.56. The fraction of sp³-hybridized carbons (Fsp3) is 0.550. The Morgan fingerprint density at radius 2 is 2.00 bits per heavy atom. The molecule has 1 N–H and O–H groups in total. The molecule has 1 aromatic heterocycles. The molecular formula is C20H29IN6S. The lowest BCUT2D eigenvalue weighted by atomic mass is 9.87. The number of aliphatic imine (C=N–C) groups is 1. The van der Waals surface area contributed by atoms with E-state index in [0.29, 0.717) is 4.75 Å². The Balaban J connectivity index is 0.00000225. The highest BCUT2D eigenvalue weighted by Gasteiger charge is 2.38. The first kappa shape index (κ1) is 21.4. The van der Waals surface area contributed by atoms with E-state index in [0.717, 1.165) is 31.3 Å². The standard InChI is InChI=1S/C20H28N6S.HI/c1-21-19(25-11-12-27-20(14-25)9-3-2-4-10-20)23-13-17-5-7-18(8-6-17)26-16-22-15-24-26;/h5-8,15-16H,2-4,9-14H2,1H3,(H,21,23);1H. The van der Waals surface area contributed by atoms with Crippen LogP contribution in [0.3, 0.4) is 0 Å². The van der Waals surface area contributed by atoms with Gasteiger partial charge in [-0.1, -0.05) is 31.4 Å². The Bertz CT molecular complexity index is 750. The van der Waals surface area contributed by atoms with Gasteiger partial charge < -0.3 is 10.2 Å². The van der Waals surface area contributed by atoms with E-state index in [1.165, 1.54) is 43.4 Å². The van der Waals surface area contributed by atoms with Crippen LogP contribution in [0.15, 0.2) is 41.9 Å². The van der Waals surface area contributed by atoms with Crippen LogP contribution in [0.5, 0.6) is 0 Å². The quantitative estimate of drug-likeness (QED) is 0.386. The van der Waals surface area contributed by atoms with Gasteiger partial charge in [0.05, 0.1) is 5.69 Å². The first-order valence-electron chi connectivity index (χ1n) is 9.82. The summed E-state index contributed by atoms with van der Waals surface area (Å²) in [4.78, 5) is 11.0. The number of hydrogen-bond donors (Lipinski definition) is 1. The Labute approximate surface area is 188 Å². The van der Waals surface area contributed by atoms with Crippen molar-refractivity contribution < 1.29 is 0 Å². The Kier molecular flexibility index (Phi) is 7.62. The fourth-order valence-electron chi connectivity index (χ4n) is 4.15. The molecule has 8 heteroatoms. The van der Waals surface area contributed by atoms with E-state index in [-0.39, 0.29) is 24.0 Å². The molecule has 0 radical (unpaired) electrons. The molecule has 6 nitrogen and oxygen atoms in total. The Morgan fingerprint density at radius 1 is 1.21 bits per heavy atom. The topological polar surface area (TPSA) is 58.3 Å². The second-order valence-electron chi connectivity index (χ2n) is 7.42. The third-order valence-corrected chi connectivity index (χ3v) is 7.13. The van der Waals surface area contributed by atoms with Crippen molar-refractivity contribution in [2.75, 3.05) is 25.9 Å². The van der Waals surface area contributed by atoms with Crippen LogP contribution in [0, 0.1) is 0 Å². The molecule has 0 bridgehead atoms. The smallest absolute Gasteiger partial charge is 0.193 e. The number of guanidine groups is 1. The fourth-order valence-corrected chi connectivity index (χ4v) is 5.71. The summed E-state index contributed by atoms with van der Waals surface area (Å²) < 4.78 is 2.22. The van der Waals surface area contributed by atoms with Crippen molar-refractivity contribution in [2.24, 2.45) is 4.99 Å². The number of nitrogens with one attached hydrogen (secondary N) is 1. The van der Waals surface area contributed by atoms with Crippen molar-refractivity contribution in [1.82, 2.24) is 25.0 Å². The number of thioether (sulfide) groups is 1. The van der Waals surface area contributed by atoms with Gasteiger partial charge in [-0.3, -0.25) is 4.99 Å². The third-order valence-electron chi connectivity index (χ3n) is 5.59. The summed E-state index contributed by atoms with van der Waals surface area (Å²) in [7, 11) is 1.89. The van der Waals surface area contributed by atoms with Crippen LogP contribution in [0.1, 0.15) is 37.7 Å². The van der Waals surface area contributed by atoms with Crippen molar-refractivity contribution in [1.29, 1.82) is 0 Å². The average Bonchev–Trinajstić information content (AvgIpc) is 3.25. The van der Waals surface area contributed by atoms with Crippen molar-refractivity contribution in [3.63, 3.8) is 0 Å². The highest BCUT2D eigenvalue weighted by molar-refractivity contribution is 14.0. The van der Waals surface area contributed by atoms with E-state index in [1.54, 1.807) is 17.3 Å². The maximum atomic E-state index is 4.56. The number of rotatable bonds is 3. The molecule has 2 aliphatic rings. The minimum absolute atomic E-state index is 0. The molecule has 1 aromatic carbocycles. The molecule has 0 amide bonds. The number of hydrogen-bond acceptors (Lipinski definition) is 4. The maximum Gasteiger partial charge on any atom is 0.193 e. The summed E-state index contributed by atoms with van der Waals surface area (Å²) in [5, 5.41) is 7.73. The van der Waals surface area contributed by atoms with E-state index in [4.69, 9.17) is 0 Å². The van der Waals surface area contributed by atoms with Gasteiger partial charge in [-0.2, -0.15) is 16.9 Å². The Hall–Kier alpha value is -1.29. The molecule has 1 aliphatic heterocycles. The van der Waals surface area contributed by atoms with Gasteiger partial charge in [0.1, 0.15) is 12.7 Å². The van der Waals surface area contributed by atoms with E-state index in [2.05, 4.69) is 61.3 Å². The molecule has 0 atom stereocenters. The zero-order chi connectivity index (χ0) is 18.5. The number of aromatic nitrogens is 3. The van der Waals surface area contributed by atoms with Crippen LogP contribution < -0.4 is 5.32 Å². The SMILES string of the molecule is CN=C(NCc1ccc(-n2cncn2)cc1)N1CCSC2(CCCCC2)C1.I. The monoisotopic (exact) mass is 512 g/mol. The van der Waals surface area contributed by atoms with Gasteiger partial charge in [0.2, 0.25) is 0 Å². The summed E-state index contributed by atoms with van der Waals surface area (Å²) in [6, 6.07) is 8.41. The normalized spacial score (nSPS) is 19.3. The van der Waals surface area contributed by atoms with Crippen molar-refractivity contribution in [2.45, 2.75) is 43.4 Å². The van der Waals surface area contributed by atoms with Crippen LogP contribution in [0.2, 0.25) is 0 Å². The van der Waals surface area contributed by atoms with Gasteiger partial charge in [0.25, 0.3) is 0 Å². The number of benzene rings is 1. The highest BCUT2D eigenvalue weighted by Crippen LogP contribution is 2.42. The lowest BCUT2D eigenvalue weighted by Gasteiger charge is -2.45. The van der Waals surface area contributed by atoms with Gasteiger partial charge >= 0.3 is 0 Å². The van der Waals surface area contributed by atoms with Crippen LogP contribution in [0.4, 0.5) is 0 Å². The summed E-state index contributed by atoms with van der Waals surface area (Å²) in [5.41, 5.74) is 2.26. The Morgan fingerprint density at radius 3 is 2.68 bits per heavy atom. The minimum atomic E-state index is 0. The first-order chi connectivity index (χ1) is 13.3. The number of nitrogens with zero attached hydrogens (tertiary/aromatic N) is 5. The average molecular weight is 512 g/mol. The van der Waals surface area contributed by atoms with Crippen LogP contribution >= 0.6 is 35.7 Å². The van der Waals surface area contributed by atoms with E-state index >= 15 is 0 Å². The van der Waals surface area contributed by atoms with Crippen molar-refractivity contribution in [3.8, 4) is 5.69 Å². The third kappa shape index (κ3) is 5.00. The van der Waals surface area contributed by atoms with Gasteiger partial charge in [0, 0.05) is 37.2 Å². The molecule has 1 saturated heterocycles. The lowest BCUT2D eigenvalue weighted by Crippen LogP contribution is -2.53. The summed E-state index contributed by atoms with van der Waals surface area (Å²) in [5.74, 6) is 2.23.